The molecule has 1 aliphatic rings. The summed E-state index contributed by atoms with van der Waals surface area (Å²) in [5, 5.41) is 4.36. The summed E-state index contributed by atoms with van der Waals surface area (Å²) in [6, 6.07) is 15.7. The lowest BCUT2D eigenvalue weighted by Gasteiger charge is -2.38. The van der Waals surface area contributed by atoms with Gasteiger partial charge in [-0.3, -0.25) is 0 Å². The van der Waals surface area contributed by atoms with E-state index in [4.69, 9.17) is 11.6 Å². The Morgan fingerprint density at radius 2 is 1.90 bits per heavy atom. The van der Waals surface area contributed by atoms with Crippen LogP contribution in [0.5, 0.6) is 0 Å². The van der Waals surface area contributed by atoms with Crippen LogP contribution in [0.1, 0.15) is 42.9 Å². The highest BCUT2D eigenvalue weighted by Crippen LogP contribution is 2.39. The predicted molar refractivity (Wildman–Crippen MR) is 85.2 cm³/mol. The number of hydrogen-bond acceptors (Lipinski definition) is 1. The first kappa shape index (κ1) is 14.6. The van der Waals surface area contributed by atoms with Crippen LogP contribution in [-0.4, -0.2) is 6.04 Å². The summed E-state index contributed by atoms with van der Waals surface area (Å²) in [5.74, 6) is 0.263. The highest BCUT2D eigenvalue weighted by atomic mass is 35.5. The molecule has 0 heterocycles. The third kappa shape index (κ3) is 3.28. The predicted octanol–water partition coefficient (Wildman–Crippen LogP) is 5.08. The van der Waals surface area contributed by atoms with Gasteiger partial charge in [0.2, 0.25) is 0 Å². The zero-order valence-corrected chi connectivity index (χ0v) is 12.8. The van der Waals surface area contributed by atoms with Gasteiger partial charge in [0.15, 0.2) is 0 Å². The molecule has 0 radical (unpaired) electrons. The van der Waals surface area contributed by atoms with E-state index in [-0.39, 0.29) is 11.9 Å². The standard InChI is InChI=1S/C18H19ClFN/c1-12(13-5-4-6-15(19)9-13)21-16-10-14(11-16)17-7-2-3-8-18(17)20/h2-9,12,14,16,21H,10-11H2,1H3/t12-,14?,16?/m0/s1. The quantitative estimate of drug-likeness (QED) is 0.831. The van der Waals surface area contributed by atoms with E-state index in [1.54, 1.807) is 12.1 Å². The maximum absolute atomic E-state index is 13.7. The Balaban J connectivity index is 1.56. The molecule has 0 unspecified atom stereocenters. The fourth-order valence-corrected chi connectivity index (χ4v) is 3.24. The van der Waals surface area contributed by atoms with Crippen LogP contribution in [0.15, 0.2) is 48.5 Å². The average molecular weight is 304 g/mol. The van der Waals surface area contributed by atoms with Gasteiger partial charge in [0.1, 0.15) is 5.82 Å². The van der Waals surface area contributed by atoms with Gasteiger partial charge in [0, 0.05) is 17.1 Å². The topological polar surface area (TPSA) is 12.0 Å². The Labute approximate surface area is 130 Å². The smallest absolute Gasteiger partial charge is 0.126 e. The second-order valence-corrected chi connectivity index (χ2v) is 6.27. The first-order valence-corrected chi connectivity index (χ1v) is 7.77. The SMILES string of the molecule is C[C@H](NC1CC(c2ccccc2F)C1)c1cccc(Cl)c1. The molecule has 3 rings (SSSR count). The van der Waals surface area contributed by atoms with Crippen molar-refractivity contribution < 1.29 is 4.39 Å². The van der Waals surface area contributed by atoms with Crippen molar-refractivity contribution in [3.05, 3.63) is 70.5 Å². The van der Waals surface area contributed by atoms with Crippen molar-refractivity contribution >= 4 is 11.6 Å². The summed E-state index contributed by atoms with van der Waals surface area (Å²) in [5.41, 5.74) is 2.04. The lowest BCUT2D eigenvalue weighted by Crippen LogP contribution is -2.41. The Hall–Kier alpha value is -1.38. The van der Waals surface area contributed by atoms with Crippen LogP contribution in [0.4, 0.5) is 4.39 Å². The van der Waals surface area contributed by atoms with E-state index in [1.807, 2.05) is 30.3 Å². The normalized spacial score (nSPS) is 22.6. The van der Waals surface area contributed by atoms with Crippen molar-refractivity contribution in [1.29, 1.82) is 0 Å². The molecule has 0 spiro atoms. The van der Waals surface area contributed by atoms with Crippen LogP contribution in [0, 0.1) is 5.82 Å². The lowest BCUT2D eigenvalue weighted by molar-refractivity contribution is 0.266. The molecule has 0 bridgehead atoms. The molecular weight excluding hydrogens is 285 g/mol. The van der Waals surface area contributed by atoms with E-state index in [9.17, 15) is 4.39 Å². The minimum Gasteiger partial charge on any atom is -0.307 e. The molecule has 110 valence electrons. The molecule has 1 N–H and O–H groups in total. The fraction of sp³-hybridized carbons (Fsp3) is 0.333. The van der Waals surface area contributed by atoms with E-state index >= 15 is 0 Å². The highest BCUT2D eigenvalue weighted by Gasteiger charge is 2.32. The molecule has 2 aromatic carbocycles. The summed E-state index contributed by atoms with van der Waals surface area (Å²) in [7, 11) is 0. The lowest BCUT2D eigenvalue weighted by atomic mass is 9.75. The van der Waals surface area contributed by atoms with Gasteiger partial charge >= 0.3 is 0 Å². The first-order valence-electron chi connectivity index (χ1n) is 7.39. The van der Waals surface area contributed by atoms with Crippen LogP contribution in [0.2, 0.25) is 5.02 Å². The maximum Gasteiger partial charge on any atom is 0.126 e. The maximum atomic E-state index is 13.7. The molecule has 1 aliphatic carbocycles. The van der Waals surface area contributed by atoms with Crippen LogP contribution in [-0.2, 0) is 0 Å². The molecule has 2 aromatic rings. The fourth-order valence-electron chi connectivity index (χ4n) is 3.04. The number of rotatable bonds is 4. The zero-order valence-electron chi connectivity index (χ0n) is 12.0. The van der Waals surface area contributed by atoms with Crippen LogP contribution < -0.4 is 5.32 Å². The zero-order chi connectivity index (χ0) is 14.8. The largest absolute Gasteiger partial charge is 0.307 e. The minimum atomic E-state index is -0.0798. The van der Waals surface area contributed by atoms with Crippen molar-refractivity contribution in [3.8, 4) is 0 Å². The van der Waals surface area contributed by atoms with Gasteiger partial charge in [-0.15, -0.1) is 0 Å². The molecule has 0 aromatic heterocycles. The summed E-state index contributed by atoms with van der Waals surface area (Å²) in [4.78, 5) is 0. The van der Waals surface area contributed by atoms with Crippen LogP contribution in [0.25, 0.3) is 0 Å². The van der Waals surface area contributed by atoms with Gasteiger partial charge in [-0.1, -0.05) is 41.9 Å². The Bertz CT molecular complexity index is 622. The van der Waals surface area contributed by atoms with Crippen molar-refractivity contribution in [2.75, 3.05) is 0 Å². The van der Waals surface area contributed by atoms with Crippen molar-refractivity contribution in [3.63, 3.8) is 0 Å². The molecule has 1 fully saturated rings. The third-order valence-electron chi connectivity index (χ3n) is 4.32. The van der Waals surface area contributed by atoms with E-state index in [0.29, 0.717) is 12.0 Å². The number of nitrogens with one attached hydrogen (secondary N) is 1. The van der Waals surface area contributed by atoms with Gasteiger partial charge in [0.25, 0.3) is 0 Å². The van der Waals surface area contributed by atoms with Crippen molar-refractivity contribution in [2.24, 2.45) is 0 Å². The molecular formula is C18H19ClFN. The summed E-state index contributed by atoms with van der Waals surface area (Å²) in [6.07, 6.45) is 1.98. The van der Waals surface area contributed by atoms with Crippen LogP contribution in [0.3, 0.4) is 0 Å². The van der Waals surface area contributed by atoms with Gasteiger partial charge in [-0.2, -0.15) is 0 Å². The van der Waals surface area contributed by atoms with E-state index < -0.39 is 0 Å². The van der Waals surface area contributed by atoms with Crippen molar-refractivity contribution in [2.45, 2.75) is 37.8 Å². The molecule has 3 heteroatoms. The molecule has 1 nitrogen and oxygen atoms in total. The van der Waals surface area contributed by atoms with Gasteiger partial charge in [-0.25, -0.2) is 4.39 Å². The molecule has 1 saturated carbocycles. The minimum absolute atomic E-state index is 0.0798. The Morgan fingerprint density at radius 1 is 1.14 bits per heavy atom. The van der Waals surface area contributed by atoms with Gasteiger partial charge < -0.3 is 5.32 Å². The van der Waals surface area contributed by atoms with Crippen molar-refractivity contribution in [1.82, 2.24) is 5.32 Å². The highest BCUT2D eigenvalue weighted by molar-refractivity contribution is 6.30. The summed E-state index contributed by atoms with van der Waals surface area (Å²) in [6.45, 7) is 2.14. The molecule has 0 amide bonds. The van der Waals surface area contributed by atoms with E-state index in [1.165, 1.54) is 5.56 Å². The molecule has 0 saturated heterocycles. The molecule has 1 atom stereocenters. The second kappa shape index (κ2) is 6.17. The number of benzene rings is 2. The first-order chi connectivity index (χ1) is 10.1. The van der Waals surface area contributed by atoms with E-state index in [2.05, 4.69) is 18.3 Å². The number of halogens is 2. The third-order valence-corrected chi connectivity index (χ3v) is 4.55. The Morgan fingerprint density at radius 3 is 2.62 bits per heavy atom. The summed E-state index contributed by atoms with van der Waals surface area (Å²) >= 11 is 6.02. The second-order valence-electron chi connectivity index (χ2n) is 5.83. The van der Waals surface area contributed by atoms with Gasteiger partial charge in [0.05, 0.1) is 0 Å². The molecule has 0 aliphatic heterocycles. The summed E-state index contributed by atoms with van der Waals surface area (Å²) < 4.78 is 13.7. The van der Waals surface area contributed by atoms with Crippen LogP contribution >= 0.6 is 11.6 Å². The van der Waals surface area contributed by atoms with E-state index in [0.717, 1.165) is 23.4 Å². The monoisotopic (exact) mass is 303 g/mol. The van der Waals surface area contributed by atoms with Gasteiger partial charge in [-0.05, 0) is 55.0 Å². The average Bonchev–Trinajstić information content (AvgIpc) is 2.43. The number of hydrogen-bond donors (Lipinski definition) is 1. The Kier molecular flexibility index (Phi) is 4.27. The molecule has 21 heavy (non-hydrogen) atoms.